The van der Waals surface area contributed by atoms with E-state index in [1.165, 1.54) is 12.1 Å². The van der Waals surface area contributed by atoms with E-state index in [0.717, 1.165) is 24.3 Å². The number of nitriles is 8. The van der Waals surface area contributed by atoms with Gasteiger partial charge in [-0.1, -0.05) is 0 Å². The second-order valence-electron chi connectivity index (χ2n) is 9.77. The van der Waals surface area contributed by atoms with Crippen LogP contribution in [0.5, 0.6) is 0 Å². The molecule has 0 bridgehead atoms. The SMILES string of the molecule is N#C/C(c1cc(C#N)c(C(F)(F)F)c(C#N)c1C(F)(F)F)=c1/cc(C#N)/c(=C(/C#N)c2cc(C#N)c(C(F)(F)F)c(C#N)c2C(F)(F)F)cc1C#N. The summed E-state index contributed by atoms with van der Waals surface area (Å²) < 4.78 is 168. The first kappa shape index (κ1) is 38.9. The molecule has 52 heavy (non-hydrogen) atoms. The third-order valence-electron chi connectivity index (χ3n) is 6.95. The van der Waals surface area contributed by atoms with Gasteiger partial charge in [0.1, 0.15) is 24.3 Å². The molecule has 0 heterocycles. The normalized spacial score (nSPS) is 12.7. The van der Waals surface area contributed by atoms with Crippen molar-refractivity contribution < 1.29 is 52.7 Å². The van der Waals surface area contributed by atoms with Gasteiger partial charge >= 0.3 is 24.7 Å². The largest absolute Gasteiger partial charge is 0.418 e. The average molecular weight is 728 g/mol. The van der Waals surface area contributed by atoms with E-state index < -0.39 is 113 Å². The first-order chi connectivity index (χ1) is 24.0. The van der Waals surface area contributed by atoms with Crippen LogP contribution in [0, 0.1) is 90.6 Å². The smallest absolute Gasteiger partial charge is 0.192 e. The molecule has 0 radical (unpaired) electrons. The van der Waals surface area contributed by atoms with Crippen molar-refractivity contribution in [2.75, 3.05) is 0 Å². The summed E-state index contributed by atoms with van der Waals surface area (Å²) in [5.41, 5.74) is -25.2. The topological polar surface area (TPSA) is 190 Å². The molecule has 0 saturated heterocycles. The highest BCUT2D eigenvalue weighted by Crippen LogP contribution is 2.46. The Morgan fingerprint density at radius 3 is 0.827 bits per heavy atom. The molecule has 0 atom stereocenters. The van der Waals surface area contributed by atoms with E-state index in [0.29, 0.717) is 24.3 Å². The molecule has 0 fully saturated rings. The molecule has 8 nitrogen and oxygen atoms in total. The van der Waals surface area contributed by atoms with Crippen molar-refractivity contribution in [1.29, 1.82) is 42.1 Å². The first-order valence-corrected chi connectivity index (χ1v) is 12.9. The summed E-state index contributed by atoms with van der Waals surface area (Å²) in [4.78, 5) is 0. The van der Waals surface area contributed by atoms with Crippen LogP contribution in [0.3, 0.4) is 0 Å². The standard InChI is InChI=1S/C32H4F12N8/c33-29(34,35)25-15(7-47)3-19(27(23(25)11-51)31(39,40)41)21(9-49)17-1-13(5-45)18(2-14(17)6-46)22(10-50)20-4-16(8-48)26(30(36,37)38)24(12-52)28(20)32(42,43)44/h1-4H/b21-17-,22-18+. The van der Waals surface area contributed by atoms with Crippen molar-refractivity contribution in [3.05, 3.63) is 101 Å². The van der Waals surface area contributed by atoms with Crippen molar-refractivity contribution in [2.24, 2.45) is 0 Å². The lowest BCUT2D eigenvalue weighted by Crippen LogP contribution is -2.25. The zero-order valence-corrected chi connectivity index (χ0v) is 24.4. The first-order valence-electron chi connectivity index (χ1n) is 12.9. The van der Waals surface area contributed by atoms with Crippen LogP contribution in [-0.4, -0.2) is 0 Å². The lowest BCUT2D eigenvalue weighted by molar-refractivity contribution is -0.145. The number of hydrogen-bond donors (Lipinski definition) is 0. The molecule has 0 aliphatic rings. The van der Waals surface area contributed by atoms with Gasteiger partial charge in [-0.25, -0.2) is 0 Å². The zero-order valence-electron chi connectivity index (χ0n) is 24.4. The minimum atomic E-state index is -5.88. The minimum Gasteiger partial charge on any atom is -0.192 e. The van der Waals surface area contributed by atoms with Gasteiger partial charge in [0.25, 0.3) is 0 Å². The Morgan fingerprint density at radius 1 is 0.365 bits per heavy atom. The van der Waals surface area contributed by atoms with Crippen molar-refractivity contribution >= 4 is 11.1 Å². The molecule has 0 unspecified atom stereocenters. The maximum atomic E-state index is 14.3. The van der Waals surface area contributed by atoms with E-state index >= 15 is 0 Å². The van der Waals surface area contributed by atoms with Gasteiger partial charge in [-0.15, -0.1) is 0 Å². The van der Waals surface area contributed by atoms with E-state index in [1.54, 1.807) is 0 Å². The van der Waals surface area contributed by atoms with Gasteiger partial charge in [-0.3, -0.25) is 0 Å². The van der Waals surface area contributed by atoms with Crippen molar-refractivity contribution in [2.45, 2.75) is 24.7 Å². The summed E-state index contributed by atoms with van der Waals surface area (Å²) in [7, 11) is 0. The van der Waals surface area contributed by atoms with Crippen LogP contribution in [0.1, 0.15) is 66.8 Å². The molecular formula is C32H4F12N8. The molecule has 0 amide bonds. The van der Waals surface area contributed by atoms with Gasteiger partial charge in [0.05, 0.1) is 91.1 Å². The summed E-state index contributed by atoms with van der Waals surface area (Å²) in [6.45, 7) is 0. The molecule has 0 aromatic heterocycles. The molecule has 3 rings (SSSR count). The minimum absolute atomic E-state index is 0.0797. The predicted molar refractivity (Wildman–Crippen MR) is 143 cm³/mol. The molecule has 256 valence electrons. The van der Waals surface area contributed by atoms with Gasteiger partial charge in [0.2, 0.25) is 0 Å². The second-order valence-corrected chi connectivity index (χ2v) is 9.77. The number of nitrogens with zero attached hydrogens (tertiary/aromatic N) is 8. The lowest BCUT2D eigenvalue weighted by Gasteiger charge is -2.20. The third kappa shape index (κ3) is 6.70. The molecule has 3 aromatic carbocycles. The molecule has 0 N–H and O–H groups in total. The summed E-state index contributed by atoms with van der Waals surface area (Å²) in [6.07, 6.45) is -23.2. The highest BCUT2D eigenvalue weighted by molar-refractivity contribution is 5.85. The van der Waals surface area contributed by atoms with Crippen LogP contribution in [-0.2, 0) is 24.7 Å². The average Bonchev–Trinajstić information content (AvgIpc) is 3.05. The molecule has 0 aliphatic carbocycles. The maximum Gasteiger partial charge on any atom is 0.418 e. The van der Waals surface area contributed by atoms with E-state index in [-0.39, 0.29) is 12.1 Å². The zero-order chi connectivity index (χ0) is 39.7. The molecule has 20 heteroatoms. The van der Waals surface area contributed by atoms with E-state index in [1.807, 2.05) is 0 Å². The van der Waals surface area contributed by atoms with E-state index in [4.69, 9.17) is 0 Å². The summed E-state index contributed by atoms with van der Waals surface area (Å²) >= 11 is 0. The Morgan fingerprint density at radius 2 is 0.635 bits per heavy atom. The van der Waals surface area contributed by atoms with Gasteiger partial charge in [0.15, 0.2) is 0 Å². The van der Waals surface area contributed by atoms with Crippen molar-refractivity contribution in [3.8, 4) is 48.6 Å². The van der Waals surface area contributed by atoms with Crippen LogP contribution in [0.15, 0.2) is 24.3 Å². The quantitative estimate of drug-likeness (QED) is 0.269. The number of halogens is 12. The van der Waals surface area contributed by atoms with Crippen LogP contribution < -0.4 is 10.4 Å². The van der Waals surface area contributed by atoms with Crippen molar-refractivity contribution in [3.63, 3.8) is 0 Å². The number of alkyl halides is 12. The summed E-state index contributed by atoms with van der Waals surface area (Å²) in [5.74, 6) is 0. The van der Waals surface area contributed by atoms with Gasteiger partial charge in [-0.2, -0.15) is 94.8 Å². The lowest BCUT2D eigenvalue weighted by atomic mass is 9.86. The summed E-state index contributed by atoms with van der Waals surface area (Å²) in [5, 5.41) is 74.9. The van der Waals surface area contributed by atoms with E-state index in [9.17, 15) is 94.8 Å². The Bertz CT molecular complexity index is 2370. The maximum absolute atomic E-state index is 14.3. The molecule has 3 aromatic rings. The summed E-state index contributed by atoms with van der Waals surface area (Å²) in [6, 6.07) is 8.72. The fraction of sp³-hybridized carbons (Fsp3) is 0.125. The van der Waals surface area contributed by atoms with Crippen molar-refractivity contribution in [1.82, 2.24) is 0 Å². The second kappa shape index (κ2) is 13.4. The molecular weight excluding hydrogens is 724 g/mol. The van der Waals surface area contributed by atoms with Crippen LogP contribution >= 0.6 is 0 Å². The van der Waals surface area contributed by atoms with Gasteiger partial charge < -0.3 is 0 Å². The predicted octanol–water partition coefficient (Wildman–Crippen LogP) is 6.44. The fourth-order valence-corrected chi connectivity index (χ4v) is 5.07. The highest BCUT2D eigenvalue weighted by atomic mass is 19.4. The van der Waals surface area contributed by atoms with Gasteiger partial charge in [0, 0.05) is 21.6 Å². The Labute approximate surface area is 280 Å². The third-order valence-corrected chi connectivity index (χ3v) is 6.95. The molecule has 0 saturated carbocycles. The monoisotopic (exact) mass is 728 g/mol. The van der Waals surface area contributed by atoms with E-state index in [2.05, 4.69) is 0 Å². The van der Waals surface area contributed by atoms with Crippen LogP contribution in [0.25, 0.3) is 11.1 Å². The number of rotatable bonds is 2. The highest BCUT2D eigenvalue weighted by Gasteiger charge is 2.47. The number of benzene rings is 3. The Balaban J connectivity index is 2.82. The fourth-order valence-electron chi connectivity index (χ4n) is 5.07. The Hall–Kier alpha value is -7.52. The Kier molecular flexibility index (Phi) is 10.0. The van der Waals surface area contributed by atoms with Crippen LogP contribution in [0.2, 0.25) is 0 Å². The van der Waals surface area contributed by atoms with Crippen LogP contribution in [0.4, 0.5) is 52.7 Å². The number of hydrogen-bond acceptors (Lipinski definition) is 8. The molecule has 0 spiro atoms. The van der Waals surface area contributed by atoms with Gasteiger partial charge in [-0.05, 0) is 24.3 Å². The molecule has 0 aliphatic heterocycles.